The fourth-order valence-electron chi connectivity index (χ4n) is 8.44. The van der Waals surface area contributed by atoms with Gasteiger partial charge in [-0.3, -0.25) is 4.79 Å². The smallest absolute Gasteiger partial charge is 0.306 e. The Bertz CT molecular complexity index is 1610. The molecule has 0 aromatic heterocycles. The first kappa shape index (κ1) is 68.0. The molecule has 0 aliphatic carbocycles. The van der Waals surface area contributed by atoms with Crippen LogP contribution in [0.4, 0.5) is 0 Å². The lowest BCUT2D eigenvalue weighted by Gasteiger charge is -2.42. The third kappa shape index (κ3) is 33.7. The number of carbonyl (C=O) groups excluding carboxylic acids is 1. The summed E-state index contributed by atoms with van der Waals surface area (Å²) in [6.45, 7) is 3.48. The number of hydrogen-bond acceptors (Lipinski definition) is 14. The predicted octanol–water partition coefficient (Wildman–Crippen LogP) is 10.2. The van der Waals surface area contributed by atoms with Gasteiger partial charge in [0.2, 0.25) is 0 Å². The number of aliphatic hydroxyl groups is 7. The van der Waals surface area contributed by atoms with Crippen LogP contribution in [0.25, 0.3) is 0 Å². The van der Waals surface area contributed by atoms with Crippen molar-refractivity contribution in [1.82, 2.24) is 0 Å². The van der Waals surface area contributed by atoms with Crippen molar-refractivity contribution in [3.8, 4) is 0 Å². The number of rotatable bonds is 45. The summed E-state index contributed by atoms with van der Waals surface area (Å²) in [6, 6.07) is 0. The van der Waals surface area contributed by atoms with Crippen molar-refractivity contribution in [3.63, 3.8) is 0 Å². The van der Waals surface area contributed by atoms with Crippen LogP contribution >= 0.6 is 0 Å². The zero-order chi connectivity index (χ0) is 54.4. The van der Waals surface area contributed by atoms with Crippen LogP contribution in [0.1, 0.15) is 181 Å². The van der Waals surface area contributed by atoms with Crippen molar-refractivity contribution < 1.29 is 69.0 Å². The quantitative estimate of drug-likeness (QED) is 0.0172. The molecule has 75 heavy (non-hydrogen) atoms. The van der Waals surface area contributed by atoms with Gasteiger partial charge in [-0.15, -0.1) is 0 Å². The first-order chi connectivity index (χ1) is 36.6. The first-order valence-electron chi connectivity index (χ1n) is 28.8. The second-order valence-electron chi connectivity index (χ2n) is 19.7. The lowest BCUT2D eigenvalue weighted by Crippen LogP contribution is -2.61. The van der Waals surface area contributed by atoms with Gasteiger partial charge in [-0.2, -0.15) is 0 Å². The van der Waals surface area contributed by atoms with Crippen LogP contribution in [-0.2, 0) is 33.2 Å². The Balaban J connectivity index is 1.72. The van der Waals surface area contributed by atoms with Gasteiger partial charge in [0.1, 0.15) is 54.9 Å². The summed E-state index contributed by atoms with van der Waals surface area (Å²) in [5.74, 6) is -0.398. The van der Waals surface area contributed by atoms with E-state index in [9.17, 15) is 40.5 Å². The molecule has 2 heterocycles. The second kappa shape index (κ2) is 47.0. The highest BCUT2D eigenvalue weighted by atomic mass is 16.7. The predicted molar refractivity (Wildman–Crippen MR) is 298 cm³/mol. The zero-order valence-electron chi connectivity index (χ0n) is 46.0. The van der Waals surface area contributed by atoms with Crippen molar-refractivity contribution >= 4 is 5.97 Å². The molecule has 14 heteroatoms. The summed E-state index contributed by atoms with van der Waals surface area (Å²) in [6.07, 6.45) is 46.1. The van der Waals surface area contributed by atoms with Crippen LogP contribution in [0.15, 0.2) is 97.2 Å². The minimum atomic E-state index is -1.72. The average molecular weight is 1060 g/mol. The number of esters is 1. The number of ether oxygens (including phenoxy) is 6. The second-order valence-corrected chi connectivity index (χ2v) is 19.7. The maximum Gasteiger partial charge on any atom is 0.306 e. The van der Waals surface area contributed by atoms with E-state index in [1.54, 1.807) is 0 Å². The Labute approximate surface area is 452 Å². The van der Waals surface area contributed by atoms with Crippen LogP contribution in [0.2, 0.25) is 0 Å². The van der Waals surface area contributed by atoms with Crippen molar-refractivity contribution in [2.45, 2.75) is 248 Å². The van der Waals surface area contributed by atoms with Crippen molar-refractivity contribution in [3.05, 3.63) is 97.2 Å². The molecule has 11 atom stereocenters. The topological polar surface area (TPSA) is 214 Å². The van der Waals surface area contributed by atoms with E-state index < -0.39 is 86.7 Å². The van der Waals surface area contributed by atoms with Gasteiger partial charge in [0.15, 0.2) is 12.6 Å². The van der Waals surface area contributed by atoms with Gasteiger partial charge in [-0.25, -0.2) is 0 Å². The third-order valence-corrected chi connectivity index (χ3v) is 13.1. The Morgan fingerprint density at radius 3 is 1.36 bits per heavy atom. The molecule has 0 saturated carbocycles. The highest BCUT2D eigenvalue weighted by Gasteiger charge is 2.47. The molecule has 2 rings (SSSR count). The molecule has 11 unspecified atom stereocenters. The Hall–Kier alpha value is -3.09. The van der Waals surface area contributed by atoms with Gasteiger partial charge in [-0.1, -0.05) is 175 Å². The molecule has 2 aliphatic rings. The minimum Gasteiger partial charge on any atom is -0.457 e. The average Bonchev–Trinajstić information content (AvgIpc) is 3.41. The molecule has 2 saturated heterocycles. The lowest BCUT2D eigenvalue weighted by molar-refractivity contribution is -0.332. The molecule has 0 bridgehead atoms. The summed E-state index contributed by atoms with van der Waals surface area (Å²) >= 11 is 0. The standard InChI is InChI=1S/C61H102O14/c1-3-5-7-9-11-13-15-17-19-20-21-22-23-24-25-26-27-28-29-31-33-35-37-39-41-43-45-70-47-50(73-53(63)44-42-40-38-36-34-32-30-18-16-14-12-10-8-6-4-2)48-71-60-59(69)57(67)55(65)52(75-60)49-72-61-58(68)56(66)54(64)51(46-62)74-61/h5,7,11-14,17-19,21-22,24-25,27-28,30,50-52,54-62,64-69H,3-4,6,8-10,15-16,20,23,26,29,31-49H2,1-2H3/b7-5-,13-11-,14-12-,19-17-,22-21-,25-24-,28-27-,30-18-. The van der Waals surface area contributed by atoms with E-state index in [1.165, 1.54) is 38.5 Å². The van der Waals surface area contributed by atoms with Crippen LogP contribution in [0.3, 0.4) is 0 Å². The van der Waals surface area contributed by atoms with E-state index >= 15 is 0 Å². The van der Waals surface area contributed by atoms with Gasteiger partial charge >= 0.3 is 5.97 Å². The van der Waals surface area contributed by atoms with E-state index in [4.69, 9.17) is 28.4 Å². The van der Waals surface area contributed by atoms with E-state index in [0.717, 1.165) is 116 Å². The number of aliphatic hydroxyl groups excluding tert-OH is 7. The highest BCUT2D eigenvalue weighted by molar-refractivity contribution is 5.69. The zero-order valence-corrected chi connectivity index (χ0v) is 46.0. The molecule has 0 aromatic carbocycles. The van der Waals surface area contributed by atoms with Gasteiger partial charge in [0, 0.05) is 13.0 Å². The molecule has 2 fully saturated rings. The molecule has 0 spiro atoms. The van der Waals surface area contributed by atoms with E-state index in [1.807, 2.05) is 0 Å². The first-order valence-corrected chi connectivity index (χ1v) is 28.8. The van der Waals surface area contributed by atoms with Crippen LogP contribution in [0.5, 0.6) is 0 Å². The largest absolute Gasteiger partial charge is 0.457 e. The fraction of sp³-hybridized carbons (Fsp3) is 0.721. The third-order valence-electron chi connectivity index (χ3n) is 13.1. The molecule has 430 valence electrons. The minimum absolute atomic E-state index is 0.0418. The summed E-state index contributed by atoms with van der Waals surface area (Å²) < 4.78 is 34.3. The number of carbonyl (C=O) groups is 1. The van der Waals surface area contributed by atoms with E-state index in [2.05, 4.69) is 111 Å². The molecule has 14 nitrogen and oxygen atoms in total. The Kier molecular flexibility index (Phi) is 42.6. The van der Waals surface area contributed by atoms with Crippen molar-refractivity contribution in [1.29, 1.82) is 0 Å². The van der Waals surface area contributed by atoms with Gasteiger partial charge in [0.05, 0.1) is 26.4 Å². The maximum atomic E-state index is 13.0. The van der Waals surface area contributed by atoms with Crippen LogP contribution in [0, 0.1) is 0 Å². The summed E-state index contributed by atoms with van der Waals surface area (Å²) in [5.41, 5.74) is 0. The molecule has 0 radical (unpaired) electrons. The Morgan fingerprint density at radius 1 is 0.453 bits per heavy atom. The number of hydrogen-bond donors (Lipinski definition) is 7. The number of unbranched alkanes of at least 4 members (excludes halogenated alkanes) is 15. The number of allylic oxidation sites excluding steroid dienone is 16. The van der Waals surface area contributed by atoms with E-state index in [0.29, 0.717) is 13.0 Å². The SMILES string of the molecule is CC/C=C\C/C=C\C/C=C\C/C=C\C/C=C\C/C=C\CCCCCCCCCOCC(COC1OC(COC2OC(CO)C(O)C(O)C2O)C(O)C(O)C1O)OC(=O)CCCCCCC/C=C\C/C=C\CCCCC. The van der Waals surface area contributed by atoms with Gasteiger partial charge in [0.25, 0.3) is 0 Å². The summed E-state index contributed by atoms with van der Waals surface area (Å²) in [5, 5.41) is 72.3. The maximum absolute atomic E-state index is 13.0. The van der Waals surface area contributed by atoms with Crippen molar-refractivity contribution in [2.24, 2.45) is 0 Å². The molecular formula is C61H102O14. The van der Waals surface area contributed by atoms with Gasteiger partial charge < -0.3 is 64.2 Å². The van der Waals surface area contributed by atoms with E-state index in [-0.39, 0.29) is 19.6 Å². The molecule has 2 aliphatic heterocycles. The van der Waals surface area contributed by atoms with Crippen LogP contribution in [-0.4, -0.2) is 142 Å². The monoisotopic (exact) mass is 1060 g/mol. The molecule has 0 amide bonds. The lowest BCUT2D eigenvalue weighted by atomic mass is 9.98. The van der Waals surface area contributed by atoms with Crippen molar-refractivity contribution in [2.75, 3.05) is 33.0 Å². The van der Waals surface area contributed by atoms with Crippen LogP contribution < -0.4 is 0 Å². The summed E-state index contributed by atoms with van der Waals surface area (Å²) in [4.78, 5) is 13.0. The fourth-order valence-corrected chi connectivity index (χ4v) is 8.44. The summed E-state index contributed by atoms with van der Waals surface area (Å²) in [7, 11) is 0. The Morgan fingerprint density at radius 2 is 0.867 bits per heavy atom. The molecular weight excluding hydrogens is 957 g/mol. The van der Waals surface area contributed by atoms with Gasteiger partial charge in [-0.05, 0) is 96.3 Å². The normalized spacial score (nSPS) is 25.3. The highest BCUT2D eigenvalue weighted by Crippen LogP contribution is 2.26. The molecule has 0 aromatic rings. The molecule has 7 N–H and O–H groups in total.